The molecule has 2 aliphatic heterocycles. The van der Waals surface area contributed by atoms with Crippen molar-refractivity contribution in [2.45, 2.75) is 45.6 Å². The third kappa shape index (κ3) is 3.32. The van der Waals surface area contributed by atoms with Crippen LogP contribution >= 0.6 is 11.3 Å². The summed E-state index contributed by atoms with van der Waals surface area (Å²) in [4.78, 5) is 34.8. The molecule has 1 aromatic heterocycles. The Balaban J connectivity index is 1.82. The van der Waals surface area contributed by atoms with Gasteiger partial charge in [-0.05, 0) is 19.8 Å². The first kappa shape index (κ1) is 17.4. The smallest absolute Gasteiger partial charge is 0.266 e. The molecule has 0 spiro atoms. The van der Waals surface area contributed by atoms with E-state index in [1.165, 1.54) is 11.3 Å². The molecule has 2 aliphatic rings. The zero-order valence-electron chi connectivity index (χ0n) is 14.7. The third-order valence-electron chi connectivity index (χ3n) is 4.71. The Kier molecular flexibility index (Phi) is 5.20. The zero-order chi connectivity index (χ0) is 17.3. The van der Waals surface area contributed by atoms with Gasteiger partial charge in [0.2, 0.25) is 5.91 Å². The van der Waals surface area contributed by atoms with E-state index in [4.69, 9.17) is 0 Å². The summed E-state index contributed by atoms with van der Waals surface area (Å²) >= 11 is 1.47. The summed E-state index contributed by atoms with van der Waals surface area (Å²) in [5.74, 6) is 0.343. The van der Waals surface area contributed by atoms with E-state index in [0.29, 0.717) is 23.9 Å². The summed E-state index contributed by atoms with van der Waals surface area (Å²) in [6.07, 6.45) is 2.12. The van der Waals surface area contributed by atoms with Crippen LogP contribution in [0.15, 0.2) is 0 Å². The average Bonchev–Trinajstić information content (AvgIpc) is 3.23. The maximum absolute atomic E-state index is 13.1. The summed E-state index contributed by atoms with van der Waals surface area (Å²) < 4.78 is 0. The van der Waals surface area contributed by atoms with Gasteiger partial charge in [-0.1, -0.05) is 13.8 Å². The maximum Gasteiger partial charge on any atom is 0.266 e. The van der Waals surface area contributed by atoms with Crippen molar-refractivity contribution in [3.05, 3.63) is 15.6 Å². The Morgan fingerprint density at radius 3 is 2.58 bits per heavy atom. The van der Waals surface area contributed by atoms with Crippen molar-refractivity contribution in [1.29, 1.82) is 0 Å². The Hall–Kier alpha value is -1.47. The van der Waals surface area contributed by atoms with Crippen molar-refractivity contribution < 1.29 is 9.59 Å². The lowest BCUT2D eigenvalue weighted by atomic mass is 10.1. The molecule has 0 radical (unpaired) electrons. The van der Waals surface area contributed by atoms with Gasteiger partial charge in [-0.25, -0.2) is 4.98 Å². The zero-order valence-corrected chi connectivity index (χ0v) is 15.5. The highest BCUT2D eigenvalue weighted by Crippen LogP contribution is 2.27. The number of amides is 2. The number of aromatic nitrogens is 1. The molecule has 2 saturated heterocycles. The topological polar surface area (TPSA) is 65.5 Å². The van der Waals surface area contributed by atoms with Crippen molar-refractivity contribution in [2.24, 2.45) is 0 Å². The number of likely N-dealkylation sites (tertiary alicyclic amines) is 1. The number of hydrogen-bond acceptors (Lipinski definition) is 5. The van der Waals surface area contributed by atoms with Gasteiger partial charge in [0.05, 0.1) is 10.7 Å². The van der Waals surface area contributed by atoms with Gasteiger partial charge in [0.1, 0.15) is 10.9 Å². The van der Waals surface area contributed by atoms with E-state index in [-0.39, 0.29) is 11.8 Å². The maximum atomic E-state index is 13.1. The van der Waals surface area contributed by atoms with Crippen LogP contribution in [0.2, 0.25) is 0 Å². The molecule has 0 saturated carbocycles. The summed E-state index contributed by atoms with van der Waals surface area (Å²) in [7, 11) is 0. The second-order valence-electron chi connectivity index (χ2n) is 6.87. The monoisotopic (exact) mass is 350 g/mol. The highest BCUT2D eigenvalue weighted by molar-refractivity contribution is 7.13. The van der Waals surface area contributed by atoms with Gasteiger partial charge in [0.25, 0.3) is 5.91 Å². The summed E-state index contributed by atoms with van der Waals surface area (Å²) in [6.45, 7) is 9.50. The fraction of sp³-hybridized carbons (Fsp3) is 0.706. The van der Waals surface area contributed by atoms with Gasteiger partial charge < -0.3 is 15.1 Å². The van der Waals surface area contributed by atoms with Crippen molar-refractivity contribution in [3.8, 4) is 0 Å². The molecule has 3 heterocycles. The molecule has 2 fully saturated rings. The van der Waals surface area contributed by atoms with Crippen LogP contribution < -0.4 is 5.32 Å². The van der Waals surface area contributed by atoms with E-state index in [2.05, 4.69) is 24.1 Å². The van der Waals surface area contributed by atoms with Gasteiger partial charge in [0, 0.05) is 38.6 Å². The number of piperazine rings is 1. The molecule has 3 rings (SSSR count). The number of hydrogen-bond donors (Lipinski definition) is 1. The van der Waals surface area contributed by atoms with E-state index >= 15 is 0 Å². The largest absolute Gasteiger partial charge is 0.341 e. The van der Waals surface area contributed by atoms with Crippen molar-refractivity contribution in [2.75, 3.05) is 32.7 Å². The van der Waals surface area contributed by atoms with Crippen LogP contribution in [0.5, 0.6) is 0 Å². The minimum atomic E-state index is -0.395. The lowest BCUT2D eigenvalue weighted by Crippen LogP contribution is -2.59. The van der Waals surface area contributed by atoms with Crippen LogP contribution in [0, 0.1) is 6.92 Å². The molecule has 6 nitrogen and oxygen atoms in total. The first-order valence-corrected chi connectivity index (χ1v) is 9.58. The van der Waals surface area contributed by atoms with E-state index in [1.54, 1.807) is 4.90 Å². The second kappa shape index (κ2) is 7.19. The molecule has 0 aliphatic carbocycles. The average molecular weight is 350 g/mol. The summed E-state index contributed by atoms with van der Waals surface area (Å²) in [5.41, 5.74) is 0.777. The van der Waals surface area contributed by atoms with Crippen molar-refractivity contribution in [1.82, 2.24) is 20.1 Å². The first-order valence-electron chi connectivity index (χ1n) is 8.77. The molecule has 0 unspecified atom stereocenters. The van der Waals surface area contributed by atoms with E-state index in [9.17, 15) is 9.59 Å². The number of carbonyl (C=O) groups excluding carboxylic acids is 2. The molecular weight excluding hydrogens is 324 g/mol. The molecule has 0 aromatic carbocycles. The van der Waals surface area contributed by atoms with Crippen LogP contribution in [-0.2, 0) is 4.79 Å². The van der Waals surface area contributed by atoms with Gasteiger partial charge in [-0.15, -0.1) is 11.3 Å². The standard InChI is InChI=1S/C17H26N4O2S/c1-11(2)15-19-12(3)14(24-15)17(23)21-9-6-18-10-13(21)16(22)20-7-4-5-8-20/h11,13,18H,4-10H2,1-3H3/t13-/m0/s1. The van der Waals surface area contributed by atoms with Crippen LogP contribution in [0.3, 0.4) is 0 Å². The van der Waals surface area contributed by atoms with Crippen LogP contribution in [0.25, 0.3) is 0 Å². The van der Waals surface area contributed by atoms with Crippen LogP contribution in [-0.4, -0.2) is 65.4 Å². The Morgan fingerprint density at radius 2 is 1.96 bits per heavy atom. The summed E-state index contributed by atoms with van der Waals surface area (Å²) in [6, 6.07) is -0.395. The van der Waals surface area contributed by atoms with Crippen LogP contribution in [0.4, 0.5) is 0 Å². The molecule has 1 N–H and O–H groups in total. The minimum Gasteiger partial charge on any atom is -0.341 e. The molecule has 24 heavy (non-hydrogen) atoms. The van der Waals surface area contributed by atoms with E-state index in [0.717, 1.165) is 43.2 Å². The Bertz CT molecular complexity index is 622. The Morgan fingerprint density at radius 1 is 1.25 bits per heavy atom. The highest BCUT2D eigenvalue weighted by atomic mass is 32.1. The normalized spacial score (nSPS) is 21.6. The predicted octanol–water partition coefficient (Wildman–Crippen LogP) is 1.61. The Labute approximate surface area is 147 Å². The van der Waals surface area contributed by atoms with Gasteiger partial charge in [-0.3, -0.25) is 9.59 Å². The fourth-order valence-electron chi connectivity index (χ4n) is 3.31. The number of thiazole rings is 1. The van der Waals surface area contributed by atoms with E-state index < -0.39 is 6.04 Å². The predicted molar refractivity (Wildman–Crippen MR) is 94.4 cm³/mol. The lowest BCUT2D eigenvalue weighted by molar-refractivity contribution is -0.135. The number of nitrogens with zero attached hydrogens (tertiary/aromatic N) is 3. The number of rotatable bonds is 3. The quantitative estimate of drug-likeness (QED) is 0.899. The number of nitrogens with one attached hydrogen (secondary N) is 1. The van der Waals surface area contributed by atoms with Gasteiger partial charge >= 0.3 is 0 Å². The molecule has 1 aromatic rings. The highest BCUT2D eigenvalue weighted by Gasteiger charge is 2.37. The first-order chi connectivity index (χ1) is 11.5. The third-order valence-corrected chi connectivity index (χ3v) is 6.15. The number of aryl methyl sites for hydroxylation is 1. The summed E-state index contributed by atoms with van der Waals surface area (Å²) in [5, 5.41) is 4.24. The number of carbonyl (C=O) groups is 2. The van der Waals surface area contributed by atoms with Crippen molar-refractivity contribution >= 4 is 23.2 Å². The molecular formula is C17H26N4O2S. The molecule has 0 bridgehead atoms. The molecule has 132 valence electrons. The minimum absolute atomic E-state index is 0.0454. The van der Waals surface area contributed by atoms with E-state index in [1.807, 2.05) is 11.8 Å². The van der Waals surface area contributed by atoms with Gasteiger partial charge in [-0.2, -0.15) is 0 Å². The van der Waals surface area contributed by atoms with Crippen molar-refractivity contribution in [3.63, 3.8) is 0 Å². The molecule has 1 atom stereocenters. The van der Waals surface area contributed by atoms with Crippen LogP contribution in [0.1, 0.15) is 53.0 Å². The second-order valence-corrected chi connectivity index (χ2v) is 7.90. The molecule has 2 amide bonds. The van der Waals surface area contributed by atoms with Gasteiger partial charge in [0.15, 0.2) is 0 Å². The lowest BCUT2D eigenvalue weighted by Gasteiger charge is -2.37. The molecule has 7 heteroatoms. The fourth-order valence-corrected chi connectivity index (χ4v) is 4.33. The SMILES string of the molecule is Cc1nc(C(C)C)sc1C(=O)N1CCNC[C@H]1C(=O)N1CCCC1.